The van der Waals surface area contributed by atoms with Crippen molar-refractivity contribution in [3.63, 3.8) is 0 Å². The second kappa shape index (κ2) is 6.74. The summed E-state index contributed by atoms with van der Waals surface area (Å²) in [4.78, 5) is 6.53. The Kier molecular flexibility index (Phi) is 5.47. The maximum Gasteiger partial charge on any atom is 0.166 e. The summed E-state index contributed by atoms with van der Waals surface area (Å²) in [6.07, 6.45) is 0. The lowest BCUT2D eigenvalue weighted by Crippen LogP contribution is -2.47. The molecule has 1 saturated heterocycles. The Labute approximate surface area is 128 Å². The van der Waals surface area contributed by atoms with Crippen LogP contribution in [0, 0.1) is 0 Å². The molecule has 0 amide bonds. The van der Waals surface area contributed by atoms with Gasteiger partial charge in [-0.1, -0.05) is 6.92 Å². The number of sulfone groups is 1. The van der Waals surface area contributed by atoms with Crippen molar-refractivity contribution in [3.05, 3.63) is 16.1 Å². The van der Waals surface area contributed by atoms with Gasteiger partial charge in [-0.3, -0.25) is 4.90 Å². The van der Waals surface area contributed by atoms with Crippen LogP contribution in [-0.2, 0) is 16.4 Å². The molecular formula is C12H21N3O2S3. The van der Waals surface area contributed by atoms with Gasteiger partial charge in [0, 0.05) is 35.7 Å². The van der Waals surface area contributed by atoms with Crippen LogP contribution in [0.5, 0.6) is 0 Å². The third-order valence-corrected chi connectivity index (χ3v) is 7.76. The SMILES string of the molecule is CCS(=O)(=O)C1CSCCN1Cc1csc(C(C)N)n1. The molecule has 0 bridgehead atoms. The number of thioether (sulfide) groups is 1. The van der Waals surface area contributed by atoms with Crippen molar-refractivity contribution >= 4 is 32.9 Å². The normalized spacial score (nSPS) is 22.9. The Hall–Kier alpha value is -0.150. The van der Waals surface area contributed by atoms with E-state index in [0.29, 0.717) is 12.3 Å². The zero-order chi connectivity index (χ0) is 14.8. The molecule has 1 aromatic heterocycles. The average molecular weight is 336 g/mol. The third kappa shape index (κ3) is 3.73. The molecule has 2 unspecified atom stereocenters. The van der Waals surface area contributed by atoms with E-state index in [1.165, 1.54) is 0 Å². The Balaban J connectivity index is 2.12. The van der Waals surface area contributed by atoms with Crippen molar-refractivity contribution in [1.29, 1.82) is 0 Å². The second-order valence-corrected chi connectivity index (χ2v) is 9.40. The molecule has 114 valence electrons. The largest absolute Gasteiger partial charge is 0.322 e. The third-order valence-electron chi connectivity index (χ3n) is 3.33. The smallest absolute Gasteiger partial charge is 0.166 e. The van der Waals surface area contributed by atoms with E-state index < -0.39 is 9.84 Å². The Morgan fingerprint density at radius 1 is 1.60 bits per heavy atom. The Bertz CT molecular complexity index is 542. The molecule has 5 nitrogen and oxygen atoms in total. The van der Waals surface area contributed by atoms with Crippen molar-refractivity contribution in [3.8, 4) is 0 Å². The van der Waals surface area contributed by atoms with Crippen LogP contribution in [-0.4, -0.2) is 47.5 Å². The molecule has 0 aliphatic carbocycles. The highest BCUT2D eigenvalue weighted by molar-refractivity contribution is 8.01. The molecule has 1 aliphatic heterocycles. The molecule has 8 heteroatoms. The minimum Gasteiger partial charge on any atom is -0.322 e. The van der Waals surface area contributed by atoms with Gasteiger partial charge in [0.1, 0.15) is 10.4 Å². The van der Waals surface area contributed by atoms with E-state index in [2.05, 4.69) is 4.98 Å². The second-order valence-electron chi connectivity index (χ2n) is 4.92. The first-order valence-electron chi connectivity index (χ1n) is 6.67. The molecule has 1 aliphatic rings. The minimum atomic E-state index is -3.04. The number of hydrogen-bond donors (Lipinski definition) is 1. The molecular weight excluding hydrogens is 314 g/mol. The van der Waals surface area contributed by atoms with Gasteiger partial charge < -0.3 is 5.73 Å². The number of nitrogens with two attached hydrogens (primary N) is 1. The van der Waals surface area contributed by atoms with Gasteiger partial charge in [-0.25, -0.2) is 13.4 Å². The molecule has 2 heterocycles. The Morgan fingerprint density at radius 2 is 2.35 bits per heavy atom. The highest BCUT2D eigenvalue weighted by atomic mass is 32.2. The van der Waals surface area contributed by atoms with E-state index >= 15 is 0 Å². The van der Waals surface area contributed by atoms with Gasteiger partial charge >= 0.3 is 0 Å². The van der Waals surface area contributed by atoms with Gasteiger partial charge in [0.05, 0.1) is 11.7 Å². The highest BCUT2D eigenvalue weighted by Crippen LogP contribution is 2.24. The first kappa shape index (κ1) is 16.2. The van der Waals surface area contributed by atoms with Crippen molar-refractivity contribution in [1.82, 2.24) is 9.88 Å². The highest BCUT2D eigenvalue weighted by Gasteiger charge is 2.33. The van der Waals surface area contributed by atoms with E-state index in [1.807, 2.05) is 17.2 Å². The van der Waals surface area contributed by atoms with Crippen LogP contribution in [0.4, 0.5) is 0 Å². The van der Waals surface area contributed by atoms with Crippen LogP contribution in [0.15, 0.2) is 5.38 Å². The van der Waals surface area contributed by atoms with Crippen molar-refractivity contribution in [2.75, 3.05) is 23.8 Å². The lowest BCUT2D eigenvalue weighted by atomic mass is 10.3. The van der Waals surface area contributed by atoms with E-state index in [-0.39, 0.29) is 17.2 Å². The summed E-state index contributed by atoms with van der Waals surface area (Å²) in [5, 5.41) is 2.50. The van der Waals surface area contributed by atoms with Crippen LogP contribution >= 0.6 is 23.1 Å². The first-order valence-corrected chi connectivity index (χ1v) is 10.4. The van der Waals surface area contributed by atoms with E-state index in [4.69, 9.17) is 5.73 Å². The molecule has 2 rings (SSSR count). The summed E-state index contributed by atoms with van der Waals surface area (Å²) in [5.41, 5.74) is 6.74. The summed E-state index contributed by atoms with van der Waals surface area (Å²) >= 11 is 3.25. The average Bonchev–Trinajstić information content (AvgIpc) is 2.88. The summed E-state index contributed by atoms with van der Waals surface area (Å²) < 4.78 is 24.4. The van der Waals surface area contributed by atoms with Crippen LogP contribution in [0.2, 0.25) is 0 Å². The van der Waals surface area contributed by atoms with Crippen LogP contribution < -0.4 is 5.73 Å². The van der Waals surface area contributed by atoms with Gasteiger partial charge in [-0.15, -0.1) is 11.3 Å². The van der Waals surface area contributed by atoms with Crippen LogP contribution in [0.3, 0.4) is 0 Å². The zero-order valence-corrected chi connectivity index (χ0v) is 14.2. The van der Waals surface area contributed by atoms with Gasteiger partial charge in [-0.2, -0.15) is 11.8 Å². The molecule has 2 N–H and O–H groups in total. The molecule has 0 aromatic carbocycles. The fourth-order valence-electron chi connectivity index (χ4n) is 2.13. The predicted molar refractivity (Wildman–Crippen MR) is 85.7 cm³/mol. The number of aromatic nitrogens is 1. The predicted octanol–water partition coefficient (Wildman–Crippen LogP) is 1.47. The number of rotatable bonds is 5. The van der Waals surface area contributed by atoms with Crippen LogP contribution in [0.25, 0.3) is 0 Å². The van der Waals surface area contributed by atoms with Crippen molar-refractivity contribution in [2.24, 2.45) is 5.73 Å². The molecule has 0 spiro atoms. The summed E-state index contributed by atoms with van der Waals surface area (Å²) in [6.45, 7) is 5.00. The fourth-order valence-corrected chi connectivity index (χ4v) is 5.98. The molecule has 0 radical (unpaired) electrons. The minimum absolute atomic E-state index is 0.0687. The van der Waals surface area contributed by atoms with Crippen LogP contribution in [0.1, 0.15) is 30.6 Å². The van der Waals surface area contributed by atoms with E-state index in [9.17, 15) is 8.42 Å². The number of hydrogen-bond acceptors (Lipinski definition) is 7. The van der Waals surface area contributed by atoms with Crippen molar-refractivity contribution in [2.45, 2.75) is 31.8 Å². The quantitative estimate of drug-likeness (QED) is 0.878. The molecule has 0 saturated carbocycles. The maximum absolute atomic E-state index is 12.2. The summed E-state index contributed by atoms with van der Waals surface area (Å²) in [5.74, 6) is 1.82. The molecule has 2 atom stereocenters. The zero-order valence-electron chi connectivity index (χ0n) is 11.8. The maximum atomic E-state index is 12.2. The van der Waals surface area contributed by atoms with Gasteiger partial charge in [0.2, 0.25) is 0 Å². The van der Waals surface area contributed by atoms with E-state index in [0.717, 1.165) is 23.0 Å². The number of nitrogens with zero attached hydrogens (tertiary/aromatic N) is 2. The molecule has 20 heavy (non-hydrogen) atoms. The monoisotopic (exact) mass is 335 g/mol. The number of thiazole rings is 1. The standard InChI is InChI=1S/C12H21N3O2S3/c1-3-20(16,17)11-8-18-5-4-15(11)6-10-7-19-12(14-10)9(2)13/h7,9,11H,3-6,8,13H2,1-2H3. The molecule has 1 aromatic rings. The lowest BCUT2D eigenvalue weighted by Gasteiger charge is -2.34. The summed E-state index contributed by atoms with van der Waals surface area (Å²) in [6, 6.07) is -0.0687. The van der Waals surface area contributed by atoms with Gasteiger partial charge in [-0.05, 0) is 6.92 Å². The molecule has 1 fully saturated rings. The first-order chi connectivity index (χ1) is 9.44. The Morgan fingerprint density at radius 3 is 2.95 bits per heavy atom. The fraction of sp³-hybridized carbons (Fsp3) is 0.750. The van der Waals surface area contributed by atoms with Gasteiger partial charge in [0.25, 0.3) is 0 Å². The topological polar surface area (TPSA) is 76.3 Å². The van der Waals surface area contributed by atoms with E-state index in [1.54, 1.807) is 30.0 Å². The summed E-state index contributed by atoms with van der Waals surface area (Å²) in [7, 11) is -3.04. The van der Waals surface area contributed by atoms with Crippen molar-refractivity contribution < 1.29 is 8.42 Å². The van der Waals surface area contributed by atoms with Gasteiger partial charge in [0.15, 0.2) is 9.84 Å². The lowest BCUT2D eigenvalue weighted by molar-refractivity contribution is 0.259.